The van der Waals surface area contributed by atoms with E-state index < -0.39 is 0 Å². The van der Waals surface area contributed by atoms with Gasteiger partial charge >= 0.3 is 0 Å². The number of piperazine rings is 1. The summed E-state index contributed by atoms with van der Waals surface area (Å²) in [5.41, 5.74) is 1.56. The van der Waals surface area contributed by atoms with Crippen LogP contribution < -0.4 is 10.6 Å². The molecule has 11 heteroatoms. The van der Waals surface area contributed by atoms with Crippen molar-refractivity contribution in [1.29, 1.82) is 0 Å². The second-order valence-electron chi connectivity index (χ2n) is 8.05. The van der Waals surface area contributed by atoms with Crippen LogP contribution in [0.1, 0.15) is 16.1 Å². The average molecular weight is 536 g/mol. The number of amides is 2. The summed E-state index contributed by atoms with van der Waals surface area (Å²) in [4.78, 5) is 33.2. The van der Waals surface area contributed by atoms with Gasteiger partial charge in [-0.3, -0.25) is 14.5 Å². The van der Waals surface area contributed by atoms with Gasteiger partial charge in [-0.05, 0) is 36.2 Å². The van der Waals surface area contributed by atoms with Crippen LogP contribution >= 0.6 is 34.5 Å². The fourth-order valence-corrected chi connectivity index (χ4v) is 4.90. The van der Waals surface area contributed by atoms with Crippen LogP contribution in [0.3, 0.4) is 0 Å². The molecule has 7 nitrogen and oxygen atoms in total. The predicted molar refractivity (Wildman–Crippen MR) is 137 cm³/mol. The molecule has 0 bridgehead atoms. The average Bonchev–Trinajstić information content (AvgIpc) is 3.30. The first-order valence-corrected chi connectivity index (χ1v) is 12.7. The number of nitrogens with one attached hydrogen (secondary N) is 2. The van der Waals surface area contributed by atoms with Gasteiger partial charge in [-0.2, -0.15) is 0 Å². The molecule has 2 amide bonds. The number of aromatic nitrogens is 1. The van der Waals surface area contributed by atoms with E-state index in [1.807, 2.05) is 11.0 Å². The normalized spacial score (nSPS) is 14.1. The number of para-hydroxylation sites is 1. The fraction of sp³-hybridized carbons (Fsp3) is 0.292. The van der Waals surface area contributed by atoms with Crippen LogP contribution in [-0.4, -0.2) is 65.9 Å². The Bertz CT molecular complexity index is 1200. The largest absolute Gasteiger partial charge is 0.355 e. The van der Waals surface area contributed by atoms with Gasteiger partial charge in [-0.15, -0.1) is 11.3 Å². The van der Waals surface area contributed by atoms with E-state index in [1.54, 1.807) is 40.6 Å². The minimum atomic E-state index is -0.385. The third-order valence-corrected chi connectivity index (χ3v) is 6.94. The molecule has 0 saturated carbocycles. The van der Waals surface area contributed by atoms with Gasteiger partial charge in [0.2, 0.25) is 5.91 Å². The zero-order valence-electron chi connectivity index (χ0n) is 18.8. The Balaban J connectivity index is 1.20. The lowest BCUT2D eigenvalue weighted by atomic mass is 10.1. The lowest BCUT2D eigenvalue weighted by molar-refractivity contribution is -0.122. The summed E-state index contributed by atoms with van der Waals surface area (Å²) in [7, 11) is 0. The molecule has 0 radical (unpaired) electrons. The molecule has 0 aliphatic carbocycles. The van der Waals surface area contributed by atoms with Crippen molar-refractivity contribution >= 4 is 57.2 Å². The third kappa shape index (κ3) is 6.91. The molecule has 4 rings (SSSR count). The Morgan fingerprint density at radius 2 is 1.86 bits per heavy atom. The van der Waals surface area contributed by atoms with Crippen molar-refractivity contribution in [2.45, 2.75) is 6.42 Å². The van der Waals surface area contributed by atoms with Crippen LogP contribution in [0.4, 0.5) is 15.2 Å². The molecule has 3 aromatic rings. The molecule has 1 aliphatic heterocycles. The second kappa shape index (κ2) is 11.8. The monoisotopic (exact) mass is 535 g/mol. The molecule has 0 spiro atoms. The topological polar surface area (TPSA) is 77.6 Å². The SMILES string of the molecule is O=C(CN1CCN(C(=O)c2csc(Nc3ccccc3F)n2)CC1)NCCc1ccc(Cl)cc1Cl. The summed E-state index contributed by atoms with van der Waals surface area (Å²) in [6.07, 6.45) is 0.616. The van der Waals surface area contributed by atoms with Crippen molar-refractivity contribution < 1.29 is 14.0 Å². The number of carbonyl (C=O) groups excluding carboxylic acids is 2. The highest BCUT2D eigenvalue weighted by atomic mass is 35.5. The second-order valence-corrected chi connectivity index (χ2v) is 9.75. The first kappa shape index (κ1) is 25.4. The van der Waals surface area contributed by atoms with E-state index in [0.29, 0.717) is 65.7 Å². The number of hydrogen-bond acceptors (Lipinski definition) is 6. The van der Waals surface area contributed by atoms with Gasteiger partial charge in [0, 0.05) is 48.1 Å². The van der Waals surface area contributed by atoms with E-state index in [1.165, 1.54) is 17.4 Å². The minimum absolute atomic E-state index is 0.0711. The van der Waals surface area contributed by atoms with Crippen LogP contribution in [0, 0.1) is 5.82 Å². The van der Waals surface area contributed by atoms with Gasteiger partial charge in [-0.1, -0.05) is 41.4 Å². The molecule has 1 aromatic heterocycles. The van der Waals surface area contributed by atoms with Gasteiger partial charge in [0.25, 0.3) is 5.91 Å². The van der Waals surface area contributed by atoms with E-state index in [9.17, 15) is 14.0 Å². The number of anilines is 2. The molecule has 2 aromatic carbocycles. The molecule has 0 unspecified atom stereocenters. The predicted octanol–water partition coefficient (Wildman–Crippen LogP) is 4.45. The Labute approximate surface area is 216 Å². The first-order valence-electron chi connectivity index (χ1n) is 11.1. The van der Waals surface area contributed by atoms with Gasteiger partial charge in [-0.25, -0.2) is 9.37 Å². The molecule has 2 heterocycles. The molecule has 35 heavy (non-hydrogen) atoms. The highest BCUT2D eigenvalue weighted by molar-refractivity contribution is 7.14. The summed E-state index contributed by atoms with van der Waals surface area (Å²) in [6.45, 7) is 2.93. The third-order valence-electron chi connectivity index (χ3n) is 5.60. The number of thiazole rings is 1. The van der Waals surface area contributed by atoms with Crippen molar-refractivity contribution in [3.05, 3.63) is 75.0 Å². The van der Waals surface area contributed by atoms with Crippen LogP contribution in [-0.2, 0) is 11.2 Å². The number of benzene rings is 2. The highest BCUT2D eigenvalue weighted by Crippen LogP contribution is 2.24. The highest BCUT2D eigenvalue weighted by Gasteiger charge is 2.25. The number of hydrogen-bond donors (Lipinski definition) is 2. The summed E-state index contributed by atoms with van der Waals surface area (Å²) in [6, 6.07) is 11.6. The standard InChI is InChI=1S/C24H24Cl2FN5O2S/c25-17-6-5-16(18(26)13-17)7-8-28-22(33)14-31-9-11-32(12-10-31)23(34)21-15-35-24(30-21)29-20-4-2-1-3-19(20)27/h1-6,13,15H,7-12,14H2,(H,28,33)(H,29,30). The number of carbonyl (C=O) groups is 2. The summed E-state index contributed by atoms with van der Waals surface area (Å²) >= 11 is 13.3. The molecular weight excluding hydrogens is 512 g/mol. The summed E-state index contributed by atoms with van der Waals surface area (Å²) in [5, 5.41) is 9.10. The molecule has 2 N–H and O–H groups in total. The van der Waals surface area contributed by atoms with Crippen molar-refractivity contribution in [2.24, 2.45) is 0 Å². The Hall–Kier alpha value is -2.72. The van der Waals surface area contributed by atoms with Gasteiger partial charge < -0.3 is 15.5 Å². The van der Waals surface area contributed by atoms with Gasteiger partial charge in [0.15, 0.2) is 5.13 Å². The Morgan fingerprint density at radius 1 is 1.09 bits per heavy atom. The van der Waals surface area contributed by atoms with Crippen molar-refractivity contribution in [3.63, 3.8) is 0 Å². The number of rotatable bonds is 8. The Kier molecular flexibility index (Phi) is 8.56. The van der Waals surface area contributed by atoms with E-state index in [0.717, 1.165) is 5.56 Å². The zero-order chi connectivity index (χ0) is 24.8. The van der Waals surface area contributed by atoms with Gasteiger partial charge in [0.05, 0.1) is 12.2 Å². The molecule has 0 atom stereocenters. The number of nitrogens with zero attached hydrogens (tertiary/aromatic N) is 3. The van der Waals surface area contributed by atoms with Crippen LogP contribution in [0.15, 0.2) is 47.8 Å². The smallest absolute Gasteiger partial charge is 0.273 e. The van der Waals surface area contributed by atoms with E-state index in [-0.39, 0.29) is 24.2 Å². The van der Waals surface area contributed by atoms with Crippen molar-refractivity contribution in [2.75, 3.05) is 44.6 Å². The zero-order valence-corrected chi connectivity index (χ0v) is 21.1. The van der Waals surface area contributed by atoms with Crippen molar-refractivity contribution in [1.82, 2.24) is 20.1 Å². The number of halogens is 3. The van der Waals surface area contributed by atoms with Crippen LogP contribution in [0.25, 0.3) is 0 Å². The summed E-state index contributed by atoms with van der Waals surface area (Å²) in [5.74, 6) is -0.630. The maximum absolute atomic E-state index is 13.8. The van der Waals surface area contributed by atoms with E-state index in [4.69, 9.17) is 23.2 Å². The fourth-order valence-electron chi connectivity index (χ4n) is 3.70. The molecule has 1 saturated heterocycles. The molecule has 1 fully saturated rings. The van der Waals surface area contributed by atoms with Crippen LogP contribution in [0.2, 0.25) is 10.0 Å². The molecule has 1 aliphatic rings. The lowest BCUT2D eigenvalue weighted by Crippen LogP contribution is -2.51. The van der Waals surface area contributed by atoms with Crippen LogP contribution in [0.5, 0.6) is 0 Å². The summed E-state index contributed by atoms with van der Waals surface area (Å²) < 4.78 is 13.8. The van der Waals surface area contributed by atoms with Gasteiger partial charge in [0.1, 0.15) is 11.5 Å². The first-order chi connectivity index (χ1) is 16.9. The molecule has 184 valence electrons. The lowest BCUT2D eigenvalue weighted by Gasteiger charge is -2.33. The Morgan fingerprint density at radius 3 is 2.60 bits per heavy atom. The minimum Gasteiger partial charge on any atom is -0.355 e. The maximum Gasteiger partial charge on any atom is 0.273 e. The van der Waals surface area contributed by atoms with E-state index >= 15 is 0 Å². The molecular formula is C24H24Cl2FN5O2S. The maximum atomic E-state index is 13.8. The van der Waals surface area contributed by atoms with Crippen molar-refractivity contribution in [3.8, 4) is 0 Å². The quantitative estimate of drug-likeness (QED) is 0.445. The van der Waals surface area contributed by atoms with E-state index in [2.05, 4.69) is 15.6 Å².